The summed E-state index contributed by atoms with van der Waals surface area (Å²) in [6.45, 7) is 6.29. The molecule has 1 aromatic rings. The summed E-state index contributed by atoms with van der Waals surface area (Å²) in [5, 5.41) is 8.80. The number of hydrogen-bond acceptors (Lipinski definition) is 3. The van der Waals surface area contributed by atoms with Gasteiger partial charge in [-0.25, -0.2) is 0 Å². The Bertz CT molecular complexity index is 475. The van der Waals surface area contributed by atoms with Crippen LogP contribution in [-0.2, 0) is 11.3 Å². The van der Waals surface area contributed by atoms with Gasteiger partial charge in [0.05, 0.1) is 6.42 Å². The van der Waals surface area contributed by atoms with Gasteiger partial charge in [0.25, 0.3) is 5.91 Å². The molecule has 0 aliphatic rings. The quantitative estimate of drug-likeness (QED) is 0.861. The number of carbonyl (C=O) groups excluding carboxylic acids is 1. The van der Waals surface area contributed by atoms with E-state index in [4.69, 9.17) is 10.8 Å². The van der Waals surface area contributed by atoms with E-state index < -0.39 is 11.5 Å². The summed E-state index contributed by atoms with van der Waals surface area (Å²) >= 11 is 0. The van der Waals surface area contributed by atoms with Crippen LogP contribution in [0, 0.1) is 0 Å². The molecule has 1 rings (SSSR count). The molecule has 110 valence electrons. The summed E-state index contributed by atoms with van der Waals surface area (Å²) in [4.78, 5) is 24.8. The molecule has 1 aromatic carbocycles. The van der Waals surface area contributed by atoms with Gasteiger partial charge < -0.3 is 15.7 Å². The lowest BCUT2D eigenvalue weighted by Gasteiger charge is -2.35. The smallest absolute Gasteiger partial charge is 0.305 e. The highest BCUT2D eigenvalue weighted by Gasteiger charge is 2.27. The van der Waals surface area contributed by atoms with E-state index in [-0.39, 0.29) is 18.9 Å². The zero-order valence-electron chi connectivity index (χ0n) is 12.2. The molecule has 0 atom stereocenters. The first kappa shape index (κ1) is 16.2. The Balaban J connectivity index is 2.94. The molecule has 5 heteroatoms. The lowest BCUT2D eigenvalue weighted by atomic mass is 10.0. The Morgan fingerprint density at radius 3 is 2.15 bits per heavy atom. The number of carboxylic acid groups (broad SMARTS) is 1. The number of aliphatic carboxylic acids is 1. The maximum absolute atomic E-state index is 12.5. The van der Waals surface area contributed by atoms with E-state index in [1.807, 2.05) is 32.9 Å². The van der Waals surface area contributed by atoms with Gasteiger partial charge >= 0.3 is 5.97 Å². The highest BCUT2D eigenvalue weighted by atomic mass is 16.4. The van der Waals surface area contributed by atoms with Crippen LogP contribution in [0.5, 0.6) is 0 Å². The van der Waals surface area contributed by atoms with E-state index >= 15 is 0 Å². The zero-order valence-corrected chi connectivity index (χ0v) is 12.2. The summed E-state index contributed by atoms with van der Waals surface area (Å²) < 4.78 is 0. The van der Waals surface area contributed by atoms with Crippen molar-refractivity contribution in [2.75, 3.05) is 6.54 Å². The van der Waals surface area contributed by atoms with Gasteiger partial charge in [0.15, 0.2) is 0 Å². The minimum Gasteiger partial charge on any atom is -0.481 e. The molecule has 0 fully saturated rings. The molecule has 1 amide bonds. The molecule has 0 radical (unpaired) electrons. The van der Waals surface area contributed by atoms with Crippen LogP contribution in [0.25, 0.3) is 0 Å². The Kier molecular flexibility index (Phi) is 5.27. The molecule has 0 aliphatic carbocycles. The van der Waals surface area contributed by atoms with Crippen molar-refractivity contribution in [3.63, 3.8) is 0 Å². The van der Waals surface area contributed by atoms with Crippen LogP contribution in [0.2, 0.25) is 0 Å². The molecule has 20 heavy (non-hydrogen) atoms. The van der Waals surface area contributed by atoms with E-state index in [1.54, 1.807) is 17.0 Å². The number of benzene rings is 1. The first-order valence-corrected chi connectivity index (χ1v) is 6.58. The molecule has 0 aromatic heterocycles. The minimum absolute atomic E-state index is 0.0656. The van der Waals surface area contributed by atoms with Gasteiger partial charge in [-0.05, 0) is 38.5 Å². The number of rotatable bonds is 5. The van der Waals surface area contributed by atoms with Gasteiger partial charge in [-0.3, -0.25) is 9.59 Å². The molecule has 0 unspecified atom stereocenters. The fourth-order valence-corrected chi connectivity index (χ4v) is 1.89. The normalized spacial score (nSPS) is 11.2. The number of carbonyl (C=O) groups is 2. The average Bonchev–Trinajstić information content (AvgIpc) is 2.37. The Morgan fingerprint density at radius 2 is 1.75 bits per heavy atom. The van der Waals surface area contributed by atoms with Crippen molar-refractivity contribution in [2.24, 2.45) is 5.73 Å². The molecule has 0 saturated carbocycles. The number of carboxylic acids is 1. The number of nitrogens with zero attached hydrogens (tertiary/aromatic N) is 1. The van der Waals surface area contributed by atoms with Gasteiger partial charge in [-0.2, -0.15) is 0 Å². The average molecular weight is 278 g/mol. The molecule has 0 spiro atoms. The fraction of sp³-hybridized carbons (Fsp3) is 0.467. The maximum Gasteiger partial charge on any atom is 0.305 e. The topological polar surface area (TPSA) is 83.6 Å². The summed E-state index contributed by atoms with van der Waals surface area (Å²) in [6, 6.07) is 7.07. The summed E-state index contributed by atoms with van der Waals surface area (Å²) in [5.74, 6) is -1.08. The summed E-state index contributed by atoms with van der Waals surface area (Å²) in [7, 11) is 0. The molecular formula is C15H22N2O3. The predicted octanol–water partition coefficient (Wildman–Crippen LogP) is 1.86. The molecule has 0 saturated heterocycles. The second-order valence-corrected chi connectivity index (χ2v) is 5.67. The van der Waals surface area contributed by atoms with Crippen LogP contribution in [0.15, 0.2) is 24.3 Å². The zero-order chi connectivity index (χ0) is 15.3. The van der Waals surface area contributed by atoms with E-state index in [9.17, 15) is 9.59 Å². The SMILES string of the molecule is CC(C)(C)N(CCC(=O)O)C(=O)c1ccc(CN)cc1. The van der Waals surface area contributed by atoms with E-state index in [1.165, 1.54) is 0 Å². The largest absolute Gasteiger partial charge is 0.481 e. The van der Waals surface area contributed by atoms with Crippen molar-refractivity contribution in [1.82, 2.24) is 4.90 Å². The lowest BCUT2D eigenvalue weighted by Crippen LogP contribution is -2.46. The lowest BCUT2D eigenvalue weighted by molar-refractivity contribution is -0.137. The van der Waals surface area contributed by atoms with Gasteiger partial charge in [0.1, 0.15) is 0 Å². The van der Waals surface area contributed by atoms with Crippen LogP contribution in [-0.4, -0.2) is 34.0 Å². The maximum atomic E-state index is 12.5. The van der Waals surface area contributed by atoms with Gasteiger partial charge in [0.2, 0.25) is 0 Å². The first-order chi connectivity index (χ1) is 9.25. The van der Waals surface area contributed by atoms with Crippen LogP contribution in [0.3, 0.4) is 0 Å². The van der Waals surface area contributed by atoms with Gasteiger partial charge in [0, 0.05) is 24.2 Å². The second kappa shape index (κ2) is 6.52. The van der Waals surface area contributed by atoms with Crippen molar-refractivity contribution in [3.05, 3.63) is 35.4 Å². The van der Waals surface area contributed by atoms with Crippen molar-refractivity contribution < 1.29 is 14.7 Å². The van der Waals surface area contributed by atoms with Crippen molar-refractivity contribution in [2.45, 2.75) is 39.3 Å². The Morgan fingerprint density at radius 1 is 1.20 bits per heavy atom. The second-order valence-electron chi connectivity index (χ2n) is 5.67. The Labute approximate surface area is 119 Å². The monoisotopic (exact) mass is 278 g/mol. The van der Waals surface area contributed by atoms with Crippen LogP contribution >= 0.6 is 0 Å². The van der Waals surface area contributed by atoms with Crippen LogP contribution in [0.1, 0.15) is 43.1 Å². The predicted molar refractivity (Wildman–Crippen MR) is 77.4 cm³/mol. The van der Waals surface area contributed by atoms with Crippen LogP contribution in [0.4, 0.5) is 0 Å². The number of amides is 1. The van der Waals surface area contributed by atoms with E-state index in [0.717, 1.165) is 5.56 Å². The van der Waals surface area contributed by atoms with E-state index in [0.29, 0.717) is 12.1 Å². The molecule has 0 bridgehead atoms. The number of hydrogen-bond donors (Lipinski definition) is 2. The minimum atomic E-state index is -0.912. The van der Waals surface area contributed by atoms with E-state index in [2.05, 4.69) is 0 Å². The summed E-state index contributed by atoms with van der Waals surface area (Å²) in [5.41, 5.74) is 6.59. The third-order valence-corrected chi connectivity index (χ3v) is 3.04. The third kappa shape index (κ3) is 4.35. The highest BCUT2D eigenvalue weighted by Crippen LogP contribution is 2.18. The molecular weight excluding hydrogens is 256 g/mol. The third-order valence-electron chi connectivity index (χ3n) is 3.04. The van der Waals surface area contributed by atoms with Crippen LogP contribution < -0.4 is 5.73 Å². The standard InChI is InChI=1S/C15H22N2O3/c1-15(2,3)17(9-8-13(18)19)14(20)12-6-4-11(10-16)5-7-12/h4-7H,8-10,16H2,1-3H3,(H,18,19). The number of nitrogens with two attached hydrogens (primary N) is 1. The first-order valence-electron chi connectivity index (χ1n) is 6.58. The molecule has 5 nitrogen and oxygen atoms in total. The van der Waals surface area contributed by atoms with Crippen molar-refractivity contribution >= 4 is 11.9 Å². The summed E-state index contributed by atoms with van der Waals surface area (Å²) in [6.07, 6.45) is -0.0656. The molecule has 3 N–H and O–H groups in total. The van der Waals surface area contributed by atoms with Gasteiger partial charge in [-0.15, -0.1) is 0 Å². The highest BCUT2D eigenvalue weighted by molar-refractivity contribution is 5.94. The molecule has 0 heterocycles. The fourth-order valence-electron chi connectivity index (χ4n) is 1.89. The Hall–Kier alpha value is -1.88. The van der Waals surface area contributed by atoms with Crippen molar-refractivity contribution in [3.8, 4) is 0 Å². The van der Waals surface area contributed by atoms with Crippen molar-refractivity contribution in [1.29, 1.82) is 0 Å². The molecule has 0 aliphatic heterocycles. The van der Waals surface area contributed by atoms with Gasteiger partial charge in [-0.1, -0.05) is 12.1 Å².